The molecule has 1 aromatic carbocycles. The fraction of sp³-hybridized carbons (Fsp3) is 0. The maximum atomic E-state index is 5.77. The summed E-state index contributed by atoms with van der Waals surface area (Å²) in [6.45, 7) is 0. The van der Waals surface area contributed by atoms with Gasteiger partial charge in [0.1, 0.15) is 0 Å². The Bertz CT molecular complexity index is 296. The standard InChI is InChI=1S/C7H5NS.CHNS/c9-6-8-7-4-2-1-3-5-7;2-1-3/h1-5H;2H. The van der Waals surface area contributed by atoms with Crippen molar-refractivity contribution in [2.75, 3.05) is 0 Å². The molecule has 0 saturated heterocycles. The number of rotatable bonds is 1. The highest BCUT2D eigenvalue weighted by atomic mass is 32.1. The molecule has 0 aliphatic rings. The van der Waals surface area contributed by atoms with Crippen molar-refractivity contribution in [3.05, 3.63) is 30.3 Å². The Kier molecular flexibility index (Phi) is 7.14. The van der Waals surface area contributed by atoms with E-state index in [9.17, 15) is 0 Å². The van der Waals surface area contributed by atoms with Crippen LogP contribution in [0.3, 0.4) is 0 Å². The molecule has 0 aromatic heterocycles. The third-order valence-corrected chi connectivity index (χ3v) is 1.02. The zero-order valence-corrected chi connectivity index (χ0v) is 7.78. The molecule has 2 nitrogen and oxygen atoms in total. The second kappa shape index (κ2) is 7.92. The van der Waals surface area contributed by atoms with Crippen LogP contribution in [0, 0.1) is 5.41 Å². The van der Waals surface area contributed by atoms with Gasteiger partial charge in [-0.3, -0.25) is 0 Å². The van der Waals surface area contributed by atoms with E-state index in [4.69, 9.17) is 5.41 Å². The SMILES string of the molecule is N=C=S.S=C=Nc1ccccc1. The zero-order chi connectivity index (χ0) is 9.23. The molecule has 0 radical (unpaired) electrons. The predicted octanol–water partition coefficient (Wildman–Crippen LogP) is 3.09. The first-order valence-electron chi connectivity index (χ1n) is 3.02. The van der Waals surface area contributed by atoms with Gasteiger partial charge in [-0.05, 0) is 36.6 Å². The molecule has 0 aliphatic heterocycles. The summed E-state index contributed by atoms with van der Waals surface area (Å²) >= 11 is 8.23. The molecule has 1 aromatic rings. The average Bonchev–Trinajstić information content (AvgIpc) is 2.08. The molecule has 0 aliphatic carbocycles. The maximum Gasteiger partial charge on any atom is 0.0739 e. The molecule has 12 heavy (non-hydrogen) atoms. The molecule has 1 rings (SSSR count). The Morgan fingerprint density at radius 2 is 1.67 bits per heavy atom. The summed E-state index contributed by atoms with van der Waals surface area (Å²) in [4.78, 5) is 3.77. The molecule has 0 spiro atoms. The number of para-hydroxylation sites is 1. The van der Waals surface area contributed by atoms with E-state index >= 15 is 0 Å². The van der Waals surface area contributed by atoms with Gasteiger partial charge in [0.2, 0.25) is 0 Å². The number of hydrogen-bond acceptors (Lipinski definition) is 4. The minimum atomic E-state index is 0.854. The van der Waals surface area contributed by atoms with Crippen molar-refractivity contribution in [1.82, 2.24) is 0 Å². The molecule has 1 N–H and O–H groups in total. The second-order valence-electron chi connectivity index (χ2n) is 1.64. The summed E-state index contributed by atoms with van der Waals surface area (Å²) in [5.41, 5.74) is 0.854. The lowest BCUT2D eigenvalue weighted by atomic mass is 10.3. The Balaban J connectivity index is 0.000000354. The number of aliphatic imine (C=N–C) groups is 1. The van der Waals surface area contributed by atoms with Crippen LogP contribution >= 0.6 is 24.4 Å². The average molecular weight is 194 g/mol. The molecule has 0 amide bonds. The first-order chi connectivity index (χ1) is 5.85. The van der Waals surface area contributed by atoms with Gasteiger partial charge in [0.25, 0.3) is 0 Å². The summed E-state index contributed by atoms with van der Waals surface area (Å²) < 4.78 is 0. The Hall–Kier alpha value is -1.18. The van der Waals surface area contributed by atoms with Crippen LogP contribution < -0.4 is 0 Å². The summed E-state index contributed by atoms with van der Waals surface area (Å²) in [7, 11) is 0. The summed E-state index contributed by atoms with van der Waals surface area (Å²) in [6.07, 6.45) is 0. The van der Waals surface area contributed by atoms with E-state index in [1.165, 1.54) is 0 Å². The lowest BCUT2D eigenvalue weighted by Gasteiger charge is -1.83. The van der Waals surface area contributed by atoms with E-state index in [1.54, 1.807) is 5.16 Å². The van der Waals surface area contributed by atoms with E-state index in [0.29, 0.717) is 0 Å². The molecule has 0 saturated carbocycles. The highest BCUT2D eigenvalue weighted by molar-refractivity contribution is 7.78. The van der Waals surface area contributed by atoms with Crippen LogP contribution in [0.5, 0.6) is 0 Å². The van der Waals surface area contributed by atoms with Crippen LogP contribution in [-0.4, -0.2) is 10.3 Å². The lowest BCUT2D eigenvalue weighted by Crippen LogP contribution is -1.58. The van der Waals surface area contributed by atoms with Crippen LogP contribution in [-0.2, 0) is 0 Å². The lowest BCUT2D eigenvalue weighted by molar-refractivity contribution is 1.55. The van der Waals surface area contributed by atoms with Crippen LogP contribution in [0.15, 0.2) is 35.3 Å². The highest BCUT2D eigenvalue weighted by Gasteiger charge is 1.79. The summed E-state index contributed by atoms with van der Waals surface area (Å²) in [5.74, 6) is 0. The van der Waals surface area contributed by atoms with Crippen molar-refractivity contribution in [1.29, 1.82) is 5.41 Å². The van der Waals surface area contributed by atoms with E-state index in [1.807, 2.05) is 30.3 Å². The third kappa shape index (κ3) is 5.59. The van der Waals surface area contributed by atoms with Crippen LogP contribution in [0.1, 0.15) is 0 Å². The topological polar surface area (TPSA) is 36.2 Å². The summed E-state index contributed by atoms with van der Waals surface area (Å²) in [5, 5.41) is 9.65. The van der Waals surface area contributed by atoms with Crippen molar-refractivity contribution in [2.24, 2.45) is 4.99 Å². The van der Waals surface area contributed by atoms with Crippen molar-refractivity contribution in [2.45, 2.75) is 0 Å². The quantitative estimate of drug-likeness (QED) is 0.551. The highest BCUT2D eigenvalue weighted by Crippen LogP contribution is 2.07. The van der Waals surface area contributed by atoms with Crippen LogP contribution in [0.4, 0.5) is 5.69 Å². The number of thiocarbonyl (C=S) groups is 2. The third-order valence-electron chi connectivity index (χ3n) is 0.931. The number of nitrogens with zero attached hydrogens (tertiary/aromatic N) is 1. The van der Waals surface area contributed by atoms with Gasteiger partial charge < -0.3 is 0 Å². The molecular weight excluding hydrogens is 188 g/mol. The molecule has 0 fully saturated rings. The van der Waals surface area contributed by atoms with Gasteiger partial charge in [-0.25, -0.2) is 5.41 Å². The number of isothiocyanates is 2. The normalized spacial score (nSPS) is 6.67. The fourth-order valence-electron chi connectivity index (χ4n) is 0.555. The maximum absolute atomic E-state index is 5.77. The Morgan fingerprint density at radius 1 is 1.17 bits per heavy atom. The zero-order valence-electron chi connectivity index (χ0n) is 6.15. The number of benzene rings is 1. The molecular formula is C8H6N2S2. The smallest absolute Gasteiger partial charge is 0.0739 e. The van der Waals surface area contributed by atoms with Crippen LogP contribution in [0.2, 0.25) is 0 Å². The van der Waals surface area contributed by atoms with Crippen molar-refractivity contribution in [3.8, 4) is 0 Å². The molecule has 0 atom stereocenters. The predicted molar refractivity (Wildman–Crippen MR) is 56.4 cm³/mol. The second-order valence-corrected chi connectivity index (χ2v) is 2.03. The van der Waals surface area contributed by atoms with E-state index in [0.717, 1.165) is 5.69 Å². The molecule has 0 bridgehead atoms. The Labute approximate surface area is 81.5 Å². The number of nitrogens with one attached hydrogen (secondary N) is 1. The number of hydrogen-bond donors (Lipinski definition) is 1. The van der Waals surface area contributed by atoms with Crippen molar-refractivity contribution in [3.63, 3.8) is 0 Å². The van der Waals surface area contributed by atoms with E-state index in [-0.39, 0.29) is 0 Å². The fourth-order valence-corrected chi connectivity index (χ4v) is 0.661. The first-order valence-corrected chi connectivity index (χ1v) is 3.83. The van der Waals surface area contributed by atoms with E-state index < -0.39 is 0 Å². The minimum Gasteiger partial charge on any atom is -0.248 e. The summed E-state index contributed by atoms with van der Waals surface area (Å²) in [6, 6.07) is 9.50. The van der Waals surface area contributed by atoms with Gasteiger partial charge in [0, 0.05) is 0 Å². The monoisotopic (exact) mass is 194 g/mol. The molecule has 60 valence electrons. The van der Waals surface area contributed by atoms with Gasteiger partial charge in [-0.1, -0.05) is 18.2 Å². The van der Waals surface area contributed by atoms with E-state index in [2.05, 4.69) is 34.6 Å². The van der Waals surface area contributed by atoms with Gasteiger partial charge >= 0.3 is 0 Å². The van der Waals surface area contributed by atoms with Gasteiger partial charge in [-0.15, -0.1) is 0 Å². The largest absolute Gasteiger partial charge is 0.248 e. The minimum absolute atomic E-state index is 0.854. The van der Waals surface area contributed by atoms with Crippen molar-refractivity contribution < 1.29 is 0 Å². The molecule has 0 heterocycles. The first kappa shape index (κ1) is 10.8. The Morgan fingerprint density at radius 3 is 2.08 bits per heavy atom. The van der Waals surface area contributed by atoms with Gasteiger partial charge in [0.05, 0.1) is 16.0 Å². The van der Waals surface area contributed by atoms with Crippen molar-refractivity contribution >= 4 is 40.4 Å². The van der Waals surface area contributed by atoms with Crippen LogP contribution in [0.25, 0.3) is 0 Å². The van der Waals surface area contributed by atoms with Gasteiger partial charge in [-0.2, -0.15) is 4.99 Å². The molecule has 0 unspecified atom stereocenters. The molecule has 4 heteroatoms. The van der Waals surface area contributed by atoms with Gasteiger partial charge in [0.15, 0.2) is 0 Å².